The van der Waals surface area contributed by atoms with Crippen molar-refractivity contribution in [3.63, 3.8) is 0 Å². The van der Waals surface area contributed by atoms with Crippen LogP contribution in [0.1, 0.15) is 5.56 Å². The number of aromatic nitrogens is 4. The van der Waals surface area contributed by atoms with Crippen molar-refractivity contribution in [3.05, 3.63) is 34.6 Å². The highest BCUT2D eigenvalue weighted by Gasteiger charge is 2.18. The molecule has 3 rings (SSSR count). The molecule has 8 nitrogen and oxygen atoms in total. The summed E-state index contributed by atoms with van der Waals surface area (Å²) >= 11 is 3.25. The Kier molecular flexibility index (Phi) is 4.72. The Balaban J connectivity index is 2.00. The maximum Gasteiger partial charge on any atom is 0.270 e. The summed E-state index contributed by atoms with van der Waals surface area (Å²) < 4.78 is 11.7. The number of nitrogen functional groups attached to an aromatic ring is 1. The number of methoxy groups -OCH3 is 1. The third kappa shape index (κ3) is 3.22. The van der Waals surface area contributed by atoms with Crippen LogP contribution in [0, 0.1) is 0 Å². The number of hydrogen-bond donors (Lipinski definition) is 2. The highest BCUT2D eigenvalue weighted by molar-refractivity contribution is 9.10. The molecule has 1 aromatic carbocycles. The first kappa shape index (κ1) is 16.3. The number of hydrogen-bond acceptors (Lipinski definition) is 8. The lowest BCUT2D eigenvalue weighted by Gasteiger charge is -2.08. The van der Waals surface area contributed by atoms with E-state index in [1.165, 1.54) is 6.20 Å². The van der Waals surface area contributed by atoms with Gasteiger partial charge in [-0.05, 0) is 40.7 Å². The molecule has 3 N–H and O–H groups in total. The summed E-state index contributed by atoms with van der Waals surface area (Å²) in [5.74, 6) is 1.37. The van der Waals surface area contributed by atoms with Crippen LogP contribution < -0.4 is 15.8 Å². The Morgan fingerprint density at radius 1 is 1.29 bits per heavy atom. The smallest absolute Gasteiger partial charge is 0.270 e. The minimum absolute atomic E-state index is 0.192. The van der Waals surface area contributed by atoms with Crippen molar-refractivity contribution in [1.29, 1.82) is 0 Å². The third-order valence-electron chi connectivity index (χ3n) is 3.28. The monoisotopic (exact) mass is 390 g/mol. The van der Waals surface area contributed by atoms with Gasteiger partial charge in [0.1, 0.15) is 10.4 Å². The van der Waals surface area contributed by atoms with Crippen molar-refractivity contribution < 1.29 is 9.15 Å². The first-order valence-electron chi connectivity index (χ1n) is 7.06. The Hall–Kier alpha value is -2.52. The second kappa shape index (κ2) is 6.93. The SMILES string of the molecule is CNCc1ccc(-c2nnc(-c3nc(Br)cnc3N)o2)c(OC)c1. The lowest BCUT2D eigenvalue weighted by Crippen LogP contribution is -2.05. The number of nitrogens with zero attached hydrogens (tertiary/aromatic N) is 4. The number of benzene rings is 1. The minimum Gasteiger partial charge on any atom is -0.496 e. The summed E-state index contributed by atoms with van der Waals surface area (Å²) in [7, 11) is 3.48. The molecule has 0 bridgehead atoms. The minimum atomic E-state index is 0.192. The molecule has 124 valence electrons. The zero-order valence-electron chi connectivity index (χ0n) is 13.1. The molecular formula is C15H15BrN6O2. The van der Waals surface area contributed by atoms with Gasteiger partial charge in [0.05, 0.1) is 18.9 Å². The summed E-state index contributed by atoms with van der Waals surface area (Å²) in [6.07, 6.45) is 1.50. The van der Waals surface area contributed by atoms with Crippen LogP contribution in [0.4, 0.5) is 5.82 Å². The lowest BCUT2D eigenvalue weighted by molar-refractivity contribution is 0.413. The number of nitrogens with two attached hydrogens (primary N) is 1. The lowest BCUT2D eigenvalue weighted by atomic mass is 10.1. The predicted octanol–water partition coefficient (Wildman–Crippen LogP) is 2.27. The quantitative estimate of drug-likeness (QED) is 0.681. The molecule has 24 heavy (non-hydrogen) atoms. The topological polar surface area (TPSA) is 112 Å². The molecular weight excluding hydrogens is 376 g/mol. The van der Waals surface area contributed by atoms with Gasteiger partial charge < -0.3 is 20.2 Å². The Labute approximate surface area is 146 Å². The maximum absolute atomic E-state index is 5.82. The summed E-state index contributed by atoms with van der Waals surface area (Å²) in [5.41, 5.74) is 7.93. The molecule has 3 aromatic rings. The second-order valence-electron chi connectivity index (χ2n) is 4.90. The molecule has 0 amide bonds. The molecule has 0 atom stereocenters. The van der Waals surface area contributed by atoms with Crippen molar-refractivity contribution in [2.75, 3.05) is 19.9 Å². The van der Waals surface area contributed by atoms with Crippen LogP contribution in [0.3, 0.4) is 0 Å². The zero-order valence-corrected chi connectivity index (χ0v) is 14.7. The van der Waals surface area contributed by atoms with E-state index in [1.54, 1.807) is 7.11 Å². The van der Waals surface area contributed by atoms with Crippen LogP contribution in [0.2, 0.25) is 0 Å². The van der Waals surface area contributed by atoms with Gasteiger partial charge in [-0.25, -0.2) is 9.97 Å². The molecule has 0 unspecified atom stereocenters. The standard InChI is InChI=1S/C15H15BrN6O2/c1-18-6-8-3-4-9(10(5-8)23-2)14-21-22-15(24-14)12-13(17)19-7-11(16)20-12/h3-5,7,18H,6H2,1-2H3,(H2,17,19). The van der Waals surface area contributed by atoms with Crippen molar-refractivity contribution in [1.82, 2.24) is 25.5 Å². The van der Waals surface area contributed by atoms with Gasteiger partial charge in [0.15, 0.2) is 11.5 Å². The normalized spacial score (nSPS) is 10.8. The molecule has 0 aliphatic heterocycles. The molecule has 2 aromatic heterocycles. The molecule has 2 heterocycles. The average molecular weight is 391 g/mol. The van der Waals surface area contributed by atoms with E-state index in [4.69, 9.17) is 14.9 Å². The molecule has 0 saturated carbocycles. The van der Waals surface area contributed by atoms with Gasteiger partial charge in [-0.1, -0.05) is 6.07 Å². The van der Waals surface area contributed by atoms with Crippen LogP contribution in [-0.2, 0) is 6.54 Å². The summed E-state index contributed by atoms with van der Waals surface area (Å²) in [6.45, 7) is 0.732. The largest absolute Gasteiger partial charge is 0.496 e. The van der Waals surface area contributed by atoms with Crippen LogP contribution in [-0.4, -0.2) is 34.3 Å². The highest BCUT2D eigenvalue weighted by Crippen LogP contribution is 2.32. The van der Waals surface area contributed by atoms with Gasteiger partial charge in [0.2, 0.25) is 0 Å². The number of nitrogens with one attached hydrogen (secondary N) is 1. The fraction of sp³-hybridized carbons (Fsp3) is 0.200. The molecule has 0 aliphatic rings. The van der Waals surface area contributed by atoms with E-state index >= 15 is 0 Å². The first-order valence-corrected chi connectivity index (χ1v) is 7.85. The fourth-order valence-electron chi connectivity index (χ4n) is 2.19. The van der Waals surface area contributed by atoms with Gasteiger partial charge >= 0.3 is 0 Å². The first-order chi connectivity index (χ1) is 11.6. The van der Waals surface area contributed by atoms with Crippen LogP contribution in [0.15, 0.2) is 33.4 Å². The van der Waals surface area contributed by atoms with Crippen LogP contribution >= 0.6 is 15.9 Å². The van der Waals surface area contributed by atoms with Crippen molar-refractivity contribution >= 4 is 21.7 Å². The van der Waals surface area contributed by atoms with Crippen molar-refractivity contribution in [2.45, 2.75) is 6.54 Å². The van der Waals surface area contributed by atoms with Gasteiger partial charge in [-0.3, -0.25) is 0 Å². The molecule has 0 saturated heterocycles. The molecule has 0 aliphatic carbocycles. The van der Waals surface area contributed by atoms with E-state index in [1.807, 2.05) is 25.2 Å². The number of rotatable bonds is 5. The van der Waals surface area contributed by atoms with Crippen molar-refractivity contribution in [3.8, 4) is 28.8 Å². The molecule has 0 spiro atoms. The van der Waals surface area contributed by atoms with Crippen molar-refractivity contribution in [2.24, 2.45) is 0 Å². The number of halogens is 1. The summed E-state index contributed by atoms with van der Waals surface area (Å²) in [5, 5.41) is 11.2. The molecule has 0 radical (unpaired) electrons. The van der Waals surface area contributed by atoms with E-state index in [-0.39, 0.29) is 11.7 Å². The molecule has 0 fully saturated rings. The Morgan fingerprint density at radius 3 is 2.83 bits per heavy atom. The van der Waals surface area contributed by atoms with Gasteiger partial charge in [0, 0.05) is 6.54 Å². The summed E-state index contributed by atoms with van der Waals surface area (Å²) in [4.78, 5) is 8.24. The van der Waals surface area contributed by atoms with Crippen LogP contribution in [0.25, 0.3) is 23.0 Å². The van der Waals surface area contributed by atoms with E-state index in [2.05, 4.69) is 41.4 Å². The van der Waals surface area contributed by atoms with E-state index in [0.29, 0.717) is 27.5 Å². The fourth-order valence-corrected chi connectivity index (χ4v) is 2.47. The van der Waals surface area contributed by atoms with Gasteiger partial charge in [-0.2, -0.15) is 0 Å². The highest BCUT2D eigenvalue weighted by atomic mass is 79.9. The Bertz CT molecular complexity index is 867. The number of ether oxygens (including phenoxy) is 1. The van der Waals surface area contributed by atoms with E-state index in [0.717, 1.165) is 12.1 Å². The van der Waals surface area contributed by atoms with Crippen LogP contribution in [0.5, 0.6) is 5.75 Å². The zero-order chi connectivity index (χ0) is 17.1. The Morgan fingerprint density at radius 2 is 2.08 bits per heavy atom. The second-order valence-corrected chi connectivity index (χ2v) is 5.72. The van der Waals surface area contributed by atoms with Gasteiger partial charge in [-0.15, -0.1) is 10.2 Å². The average Bonchev–Trinajstić information content (AvgIpc) is 3.07. The van der Waals surface area contributed by atoms with E-state index in [9.17, 15) is 0 Å². The van der Waals surface area contributed by atoms with E-state index < -0.39 is 0 Å². The third-order valence-corrected chi connectivity index (χ3v) is 3.66. The maximum atomic E-state index is 5.82. The molecule has 9 heteroatoms. The number of anilines is 1. The van der Waals surface area contributed by atoms with Gasteiger partial charge in [0.25, 0.3) is 11.8 Å². The predicted molar refractivity (Wildman–Crippen MR) is 92.2 cm³/mol. The summed E-state index contributed by atoms with van der Waals surface area (Å²) in [6, 6.07) is 5.76.